The van der Waals surface area contributed by atoms with Crippen molar-refractivity contribution in [2.75, 3.05) is 20.8 Å². The van der Waals surface area contributed by atoms with Gasteiger partial charge in [0.2, 0.25) is 0 Å². The molecule has 0 aromatic heterocycles. The maximum absolute atomic E-state index is 13.4. The van der Waals surface area contributed by atoms with Crippen molar-refractivity contribution in [2.24, 2.45) is 0 Å². The molecular formula is C35H48N2O7. The van der Waals surface area contributed by atoms with Crippen LogP contribution in [0, 0.1) is 10.1 Å². The summed E-state index contributed by atoms with van der Waals surface area (Å²) in [6.45, 7) is 2.59. The quantitative estimate of drug-likeness (QED) is 0.0399. The average molecular weight is 609 g/mol. The lowest BCUT2D eigenvalue weighted by Gasteiger charge is -2.27. The lowest BCUT2D eigenvalue weighted by atomic mass is 9.94. The van der Waals surface area contributed by atoms with Crippen LogP contribution in [0.5, 0.6) is 11.5 Å². The summed E-state index contributed by atoms with van der Waals surface area (Å²) in [5.41, 5.74) is 0.537. The van der Waals surface area contributed by atoms with Crippen LogP contribution in [0.15, 0.2) is 48.0 Å². The zero-order valence-corrected chi connectivity index (χ0v) is 26.5. The summed E-state index contributed by atoms with van der Waals surface area (Å²) in [4.78, 5) is 38.8. The summed E-state index contributed by atoms with van der Waals surface area (Å²) in [5, 5.41) is 22.4. The number of hydrogen-bond donors (Lipinski definition) is 1. The highest BCUT2D eigenvalue weighted by molar-refractivity contribution is 6.46. The Kier molecular flexibility index (Phi) is 14.2. The van der Waals surface area contributed by atoms with E-state index in [9.17, 15) is 24.8 Å². The Hall–Kier alpha value is -3.88. The number of carbonyl (C=O) groups excluding carboxylic acids is 2. The van der Waals surface area contributed by atoms with Crippen LogP contribution in [0.25, 0.3) is 5.76 Å². The van der Waals surface area contributed by atoms with Crippen molar-refractivity contribution in [3.05, 3.63) is 69.3 Å². The zero-order chi connectivity index (χ0) is 31.9. The van der Waals surface area contributed by atoms with Gasteiger partial charge in [0.25, 0.3) is 17.4 Å². The largest absolute Gasteiger partial charge is 0.507 e. The van der Waals surface area contributed by atoms with Gasteiger partial charge < -0.3 is 19.5 Å². The van der Waals surface area contributed by atoms with E-state index in [1.54, 1.807) is 18.2 Å². The highest BCUT2D eigenvalue weighted by Gasteiger charge is 2.46. The minimum Gasteiger partial charge on any atom is -0.507 e. The van der Waals surface area contributed by atoms with Crippen molar-refractivity contribution in [3.63, 3.8) is 0 Å². The molecule has 0 unspecified atom stereocenters. The van der Waals surface area contributed by atoms with Gasteiger partial charge in [0.1, 0.15) is 17.3 Å². The first kappa shape index (κ1) is 34.6. The number of ether oxygens (including phenoxy) is 2. The zero-order valence-electron chi connectivity index (χ0n) is 26.5. The fraction of sp³-hybridized carbons (Fsp3) is 0.543. The minimum absolute atomic E-state index is 0.0716. The van der Waals surface area contributed by atoms with E-state index in [2.05, 4.69) is 6.92 Å². The monoisotopic (exact) mass is 608 g/mol. The Balaban J connectivity index is 1.67. The summed E-state index contributed by atoms with van der Waals surface area (Å²) in [5.74, 6) is -0.911. The van der Waals surface area contributed by atoms with Gasteiger partial charge in [-0.3, -0.25) is 19.7 Å². The number of Topliss-reactive ketones (excluding diaryl/α,β-unsaturated/α-hetero) is 1. The summed E-state index contributed by atoms with van der Waals surface area (Å²) in [6, 6.07) is 9.49. The molecule has 2 aromatic carbocycles. The Bertz CT molecular complexity index is 1270. The van der Waals surface area contributed by atoms with Gasteiger partial charge in [-0.1, -0.05) is 90.4 Å². The van der Waals surface area contributed by atoms with Crippen LogP contribution >= 0.6 is 0 Å². The first-order valence-corrected chi connectivity index (χ1v) is 16.1. The summed E-state index contributed by atoms with van der Waals surface area (Å²) >= 11 is 0. The average Bonchev–Trinajstić information content (AvgIpc) is 3.29. The first-order chi connectivity index (χ1) is 21.3. The number of nitro groups is 1. The molecule has 2 aromatic rings. The number of ketones is 1. The molecule has 1 amide bonds. The van der Waals surface area contributed by atoms with Gasteiger partial charge in [-0.15, -0.1) is 0 Å². The van der Waals surface area contributed by atoms with Gasteiger partial charge >= 0.3 is 0 Å². The topological polar surface area (TPSA) is 119 Å². The fourth-order valence-corrected chi connectivity index (χ4v) is 5.85. The molecule has 1 fully saturated rings. The van der Waals surface area contributed by atoms with Crippen molar-refractivity contribution in [1.29, 1.82) is 0 Å². The molecule has 44 heavy (non-hydrogen) atoms. The third kappa shape index (κ3) is 9.31. The molecular weight excluding hydrogens is 560 g/mol. The van der Waals surface area contributed by atoms with Gasteiger partial charge in [-0.05, 0) is 30.7 Å². The number of aliphatic hydroxyl groups excluding tert-OH is 1. The molecule has 9 nitrogen and oxygen atoms in total. The van der Waals surface area contributed by atoms with Gasteiger partial charge in [0, 0.05) is 35.9 Å². The lowest BCUT2D eigenvalue weighted by molar-refractivity contribution is -0.384. The Morgan fingerprint density at radius 3 is 1.86 bits per heavy atom. The molecule has 0 spiro atoms. The van der Waals surface area contributed by atoms with E-state index in [1.165, 1.54) is 108 Å². The molecule has 3 rings (SSSR count). The summed E-state index contributed by atoms with van der Waals surface area (Å²) < 4.78 is 10.9. The van der Waals surface area contributed by atoms with Gasteiger partial charge in [-0.25, -0.2) is 0 Å². The van der Waals surface area contributed by atoms with E-state index < -0.39 is 22.7 Å². The highest BCUT2D eigenvalue weighted by Crippen LogP contribution is 2.44. The third-order valence-corrected chi connectivity index (χ3v) is 8.38. The number of amides is 1. The number of nitro benzene ring substituents is 1. The smallest absolute Gasteiger partial charge is 0.295 e. The van der Waals surface area contributed by atoms with E-state index in [-0.39, 0.29) is 22.6 Å². The number of likely N-dealkylation sites (tertiary alicyclic amines) is 1. The van der Waals surface area contributed by atoms with Crippen molar-refractivity contribution in [1.82, 2.24) is 4.90 Å². The molecule has 1 saturated heterocycles. The van der Waals surface area contributed by atoms with Crippen LogP contribution in [-0.2, 0) is 9.59 Å². The molecule has 1 atom stereocenters. The van der Waals surface area contributed by atoms with Gasteiger partial charge in [0.15, 0.2) is 0 Å². The first-order valence-electron chi connectivity index (χ1n) is 16.1. The Morgan fingerprint density at radius 1 is 0.818 bits per heavy atom. The number of hydrogen-bond acceptors (Lipinski definition) is 7. The Morgan fingerprint density at radius 2 is 1.36 bits per heavy atom. The van der Waals surface area contributed by atoms with Crippen LogP contribution < -0.4 is 9.47 Å². The maximum Gasteiger partial charge on any atom is 0.295 e. The molecule has 240 valence electrons. The predicted octanol–water partition coefficient (Wildman–Crippen LogP) is 8.52. The standard InChI is InChI=1S/C35H48N2O7/c1-4-5-6-7-8-9-10-11-12-13-14-15-16-17-24-36-32(29-23-22-28(43-2)25-30(29)44-3)31(34(39)35(36)40)33(38)26-18-20-27(21-19-26)37(41)42/h18-23,25,32,38H,4-17,24H2,1-3H3/t32-/m1/s1. The van der Waals surface area contributed by atoms with E-state index >= 15 is 0 Å². The molecule has 1 heterocycles. The molecule has 1 N–H and O–H groups in total. The molecule has 0 bridgehead atoms. The van der Waals surface area contributed by atoms with Crippen molar-refractivity contribution in [2.45, 2.75) is 103 Å². The van der Waals surface area contributed by atoms with Gasteiger partial charge in [-0.2, -0.15) is 0 Å². The normalized spacial score (nSPS) is 16.0. The second-order valence-corrected chi connectivity index (χ2v) is 11.5. The number of non-ortho nitro benzene ring substituents is 1. The molecule has 0 radical (unpaired) electrons. The summed E-state index contributed by atoms with van der Waals surface area (Å²) in [7, 11) is 3.03. The van der Waals surface area contributed by atoms with Gasteiger partial charge in [0.05, 0.1) is 30.8 Å². The van der Waals surface area contributed by atoms with Crippen LogP contribution in [0.1, 0.15) is 114 Å². The highest BCUT2D eigenvalue weighted by atomic mass is 16.6. The number of nitrogens with zero attached hydrogens (tertiary/aromatic N) is 2. The third-order valence-electron chi connectivity index (χ3n) is 8.38. The predicted molar refractivity (Wildman–Crippen MR) is 172 cm³/mol. The van der Waals surface area contributed by atoms with Crippen LogP contribution in [0.3, 0.4) is 0 Å². The molecule has 9 heteroatoms. The molecule has 1 aliphatic rings. The second-order valence-electron chi connectivity index (χ2n) is 11.5. The number of methoxy groups -OCH3 is 2. The molecule has 0 saturated carbocycles. The number of unbranched alkanes of at least 4 members (excludes halogenated alkanes) is 13. The molecule has 0 aliphatic carbocycles. The number of aliphatic hydroxyl groups is 1. The summed E-state index contributed by atoms with van der Waals surface area (Å²) in [6.07, 6.45) is 17.0. The number of rotatable bonds is 20. The SMILES string of the molecule is CCCCCCCCCCCCCCCCN1C(=O)C(=O)C(=C(O)c2ccc([N+](=O)[O-])cc2)[C@H]1c1ccc(OC)cc1OC. The minimum atomic E-state index is -0.881. The van der Waals surface area contributed by atoms with Crippen LogP contribution in [0.4, 0.5) is 5.69 Å². The lowest BCUT2D eigenvalue weighted by Crippen LogP contribution is -2.31. The van der Waals surface area contributed by atoms with Crippen molar-refractivity contribution in [3.8, 4) is 11.5 Å². The second kappa shape index (κ2) is 18.0. The van der Waals surface area contributed by atoms with E-state index in [0.717, 1.165) is 25.7 Å². The van der Waals surface area contributed by atoms with Crippen LogP contribution in [-0.4, -0.2) is 47.4 Å². The van der Waals surface area contributed by atoms with E-state index in [0.29, 0.717) is 23.6 Å². The van der Waals surface area contributed by atoms with E-state index in [4.69, 9.17) is 9.47 Å². The number of carbonyl (C=O) groups is 2. The van der Waals surface area contributed by atoms with Crippen molar-refractivity contribution >= 4 is 23.1 Å². The van der Waals surface area contributed by atoms with Crippen molar-refractivity contribution < 1.29 is 29.1 Å². The fourth-order valence-electron chi connectivity index (χ4n) is 5.85. The van der Waals surface area contributed by atoms with E-state index in [1.807, 2.05) is 0 Å². The Labute approximate surface area is 261 Å². The van der Waals surface area contributed by atoms with Crippen LogP contribution in [0.2, 0.25) is 0 Å². The maximum atomic E-state index is 13.4. The number of benzene rings is 2. The molecule has 1 aliphatic heterocycles.